The first kappa shape index (κ1) is 13.4. The highest BCUT2D eigenvalue weighted by Crippen LogP contribution is 2.30. The van der Waals surface area contributed by atoms with Crippen LogP contribution in [0.3, 0.4) is 0 Å². The van der Waals surface area contributed by atoms with E-state index >= 15 is 0 Å². The molecule has 1 heterocycles. The van der Waals surface area contributed by atoms with Gasteiger partial charge in [0, 0.05) is 18.3 Å². The lowest BCUT2D eigenvalue weighted by Crippen LogP contribution is -2.05. The summed E-state index contributed by atoms with van der Waals surface area (Å²) < 4.78 is 11.2. The molecule has 0 amide bonds. The zero-order valence-corrected chi connectivity index (χ0v) is 11.2. The molecule has 100 valence electrons. The van der Waals surface area contributed by atoms with Gasteiger partial charge < -0.3 is 15.2 Å². The number of hydrogen-bond acceptors (Lipinski definition) is 4. The summed E-state index contributed by atoms with van der Waals surface area (Å²) in [6.07, 6.45) is 1.73. The number of para-hydroxylation sites is 2. The van der Waals surface area contributed by atoms with Crippen LogP contribution in [0.1, 0.15) is 25.5 Å². The molecule has 0 aliphatic carbocycles. The van der Waals surface area contributed by atoms with Gasteiger partial charge in [-0.25, -0.2) is 4.98 Å². The summed E-state index contributed by atoms with van der Waals surface area (Å²) in [5.74, 6) is 1.89. The van der Waals surface area contributed by atoms with E-state index < -0.39 is 0 Å². The van der Waals surface area contributed by atoms with Crippen molar-refractivity contribution in [1.82, 2.24) is 4.98 Å². The van der Waals surface area contributed by atoms with Gasteiger partial charge in [-0.3, -0.25) is 0 Å². The molecule has 0 aliphatic heterocycles. The number of hydrogen-bond donors (Lipinski definition) is 1. The van der Waals surface area contributed by atoms with Gasteiger partial charge >= 0.3 is 0 Å². The minimum Gasteiger partial charge on any atom is -0.490 e. The second-order valence-electron chi connectivity index (χ2n) is 4.20. The third-order valence-electron chi connectivity index (χ3n) is 2.65. The van der Waals surface area contributed by atoms with Crippen LogP contribution in [-0.4, -0.2) is 11.6 Å². The number of rotatable bonds is 5. The molecule has 2 rings (SSSR count). The van der Waals surface area contributed by atoms with Gasteiger partial charge in [0.05, 0.1) is 6.61 Å². The third kappa shape index (κ3) is 3.45. The summed E-state index contributed by atoms with van der Waals surface area (Å²) >= 11 is 0. The van der Waals surface area contributed by atoms with Crippen molar-refractivity contribution in [2.24, 2.45) is 5.73 Å². The molecule has 4 heteroatoms. The van der Waals surface area contributed by atoms with E-state index in [9.17, 15) is 0 Å². The van der Waals surface area contributed by atoms with Crippen LogP contribution < -0.4 is 15.2 Å². The predicted molar refractivity (Wildman–Crippen MR) is 74.5 cm³/mol. The van der Waals surface area contributed by atoms with E-state index in [1.807, 2.05) is 44.2 Å². The maximum atomic E-state index is 5.78. The summed E-state index contributed by atoms with van der Waals surface area (Å²) in [4.78, 5) is 4.24. The lowest BCUT2D eigenvalue weighted by molar-refractivity contribution is 0.319. The number of pyridine rings is 1. The number of nitrogens with zero attached hydrogens (tertiary/aromatic N) is 1. The molecule has 1 aromatic carbocycles. The van der Waals surface area contributed by atoms with Crippen LogP contribution >= 0.6 is 0 Å². The first-order valence-electron chi connectivity index (χ1n) is 6.32. The zero-order valence-electron chi connectivity index (χ0n) is 11.2. The van der Waals surface area contributed by atoms with Crippen LogP contribution in [0, 0.1) is 0 Å². The fourth-order valence-electron chi connectivity index (χ4n) is 1.64. The molecular formula is C15H18N2O2. The number of nitrogens with two attached hydrogens (primary N) is 1. The topological polar surface area (TPSA) is 57.4 Å². The molecule has 0 radical (unpaired) electrons. The summed E-state index contributed by atoms with van der Waals surface area (Å²) in [6.45, 7) is 4.45. The molecule has 0 saturated carbocycles. The number of benzene rings is 1. The van der Waals surface area contributed by atoms with E-state index in [2.05, 4.69) is 4.98 Å². The van der Waals surface area contributed by atoms with Gasteiger partial charge in [-0.2, -0.15) is 0 Å². The minimum absolute atomic E-state index is 0.0303. The Morgan fingerprint density at radius 3 is 2.47 bits per heavy atom. The van der Waals surface area contributed by atoms with Crippen molar-refractivity contribution in [1.29, 1.82) is 0 Å². The highest BCUT2D eigenvalue weighted by Gasteiger charge is 2.06. The molecule has 4 nitrogen and oxygen atoms in total. The van der Waals surface area contributed by atoms with E-state index in [1.165, 1.54) is 0 Å². The van der Waals surface area contributed by atoms with E-state index in [1.54, 1.807) is 12.3 Å². The molecule has 0 bridgehead atoms. The lowest BCUT2D eigenvalue weighted by Gasteiger charge is -2.11. The summed E-state index contributed by atoms with van der Waals surface area (Å²) in [5.41, 5.74) is 6.76. The molecule has 0 aliphatic rings. The van der Waals surface area contributed by atoms with Gasteiger partial charge in [-0.1, -0.05) is 18.2 Å². The third-order valence-corrected chi connectivity index (χ3v) is 2.65. The fraction of sp³-hybridized carbons (Fsp3) is 0.267. The molecule has 2 N–H and O–H groups in total. The van der Waals surface area contributed by atoms with E-state index in [-0.39, 0.29) is 6.04 Å². The molecule has 1 aromatic heterocycles. The SMILES string of the molecule is CCOc1ccccc1Oc1ccc([C@H](C)N)cn1. The number of aromatic nitrogens is 1. The van der Waals surface area contributed by atoms with Crippen LogP contribution in [0.2, 0.25) is 0 Å². The van der Waals surface area contributed by atoms with Crippen LogP contribution in [0.25, 0.3) is 0 Å². The Morgan fingerprint density at radius 2 is 1.89 bits per heavy atom. The minimum atomic E-state index is -0.0303. The van der Waals surface area contributed by atoms with Crippen molar-refractivity contribution in [3.8, 4) is 17.4 Å². The van der Waals surface area contributed by atoms with Gasteiger partial charge in [-0.05, 0) is 31.5 Å². The van der Waals surface area contributed by atoms with Gasteiger partial charge in [-0.15, -0.1) is 0 Å². The quantitative estimate of drug-likeness (QED) is 0.894. The molecule has 19 heavy (non-hydrogen) atoms. The summed E-state index contributed by atoms with van der Waals surface area (Å²) in [6, 6.07) is 11.2. The Kier molecular flexibility index (Phi) is 4.36. The van der Waals surface area contributed by atoms with Crippen molar-refractivity contribution in [3.63, 3.8) is 0 Å². The lowest BCUT2D eigenvalue weighted by atomic mass is 10.2. The molecule has 1 atom stereocenters. The summed E-state index contributed by atoms with van der Waals surface area (Å²) in [5, 5.41) is 0. The van der Waals surface area contributed by atoms with Crippen LogP contribution in [0.4, 0.5) is 0 Å². The van der Waals surface area contributed by atoms with Crippen molar-refractivity contribution < 1.29 is 9.47 Å². The van der Waals surface area contributed by atoms with Crippen molar-refractivity contribution in [2.45, 2.75) is 19.9 Å². The standard InChI is InChI=1S/C15H18N2O2/c1-3-18-13-6-4-5-7-14(13)19-15-9-8-12(10-17-15)11(2)16/h4-11H,3,16H2,1-2H3/t11-/m0/s1. The maximum absolute atomic E-state index is 5.78. The second kappa shape index (κ2) is 6.20. The molecule has 0 fully saturated rings. The second-order valence-corrected chi connectivity index (χ2v) is 4.20. The Labute approximate surface area is 113 Å². The first-order valence-corrected chi connectivity index (χ1v) is 6.32. The molecule has 0 unspecified atom stereocenters. The molecular weight excluding hydrogens is 240 g/mol. The van der Waals surface area contributed by atoms with E-state index in [0.717, 1.165) is 5.56 Å². The van der Waals surface area contributed by atoms with Gasteiger partial charge in [0.15, 0.2) is 11.5 Å². The van der Waals surface area contributed by atoms with Crippen molar-refractivity contribution >= 4 is 0 Å². The number of ether oxygens (including phenoxy) is 2. The van der Waals surface area contributed by atoms with Gasteiger partial charge in [0.1, 0.15) is 0 Å². The van der Waals surface area contributed by atoms with Gasteiger partial charge in [0.2, 0.25) is 5.88 Å². The van der Waals surface area contributed by atoms with E-state index in [0.29, 0.717) is 24.0 Å². The summed E-state index contributed by atoms with van der Waals surface area (Å²) in [7, 11) is 0. The smallest absolute Gasteiger partial charge is 0.219 e. The monoisotopic (exact) mass is 258 g/mol. The Morgan fingerprint density at radius 1 is 1.16 bits per heavy atom. The first-order chi connectivity index (χ1) is 9.20. The highest BCUT2D eigenvalue weighted by atomic mass is 16.5. The van der Waals surface area contributed by atoms with Gasteiger partial charge in [0.25, 0.3) is 0 Å². The maximum Gasteiger partial charge on any atom is 0.219 e. The van der Waals surface area contributed by atoms with Crippen LogP contribution in [0.5, 0.6) is 17.4 Å². The zero-order chi connectivity index (χ0) is 13.7. The fourth-order valence-corrected chi connectivity index (χ4v) is 1.64. The Balaban J connectivity index is 2.16. The molecule has 0 spiro atoms. The normalized spacial score (nSPS) is 11.9. The Hall–Kier alpha value is -2.07. The van der Waals surface area contributed by atoms with E-state index in [4.69, 9.17) is 15.2 Å². The predicted octanol–water partition coefficient (Wildman–Crippen LogP) is 3.29. The largest absolute Gasteiger partial charge is 0.490 e. The average molecular weight is 258 g/mol. The van der Waals surface area contributed by atoms with Crippen LogP contribution in [-0.2, 0) is 0 Å². The molecule has 0 saturated heterocycles. The molecule has 2 aromatic rings. The highest BCUT2D eigenvalue weighted by molar-refractivity contribution is 5.41. The van der Waals surface area contributed by atoms with Crippen LogP contribution in [0.15, 0.2) is 42.6 Å². The Bertz CT molecular complexity index is 524. The van der Waals surface area contributed by atoms with Crippen molar-refractivity contribution in [2.75, 3.05) is 6.61 Å². The van der Waals surface area contributed by atoms with Crippen molar-refractivity contribution in [3.05, 3.63) is 48.2 Å². The average Bonchev–Trinajstić information content (AvgIpc) is 2.42.